The molecule has 0 aliphatic rings. The van der Waals surface area contributed by atoms with Gasteiger partial charge in [0, 0.05) is 17.2 Å². The Morgan fingerprint density at radius 1 is 1.21 bits per heavy atom. The van der Waals surface area contributed by atoms with Gasteiger partial charge in [0.1, 0.15) is 5.78 Å². The second-order valence-corrected chi connectivity index (χ2v) is 6.97. The Labute approximate surface area is 150 Å². The van der Waals surface area contributed by atoms with Crippen LogP contribution in [0, 0.1) is 5.92 Å². The Morgan fingerprint density at radius 3 is 2.29 bits per heavy atom. The number of anilines is 1. The normalized spacial score (nSPS) is 11.8. The summed E-state index contributed by atoms with van der Waals surface area (Å²) in [6, 6.07) is 7.00. The van der Waals surface area contributed by atoms with Crippen LogP contribution in [0.5, 0.6) is 0 Å². The van der Waals surface area contributed by atoms with Gasteiger partial charge in [0.05, 0.1) is 6.54 Å². The number of halogens is 1. The van der Waals surface area contributed by atoms with Gasteiger partial charge in [-0.25, -0.2) is 4.79 Å². The number of Topliss-reactive ketones (excluding diaryl/α,β-unsaturated/α-hetero) is 1. The number of hydrogen-bond acceptors (Lipinski definition) is 4. The minimum atomic E-state index is -0.926. The highest BCUT2D eigenvalue weighted by molar-refractivity contribution is 9.10. The van der Waals surface area contributed by atoms with Gasteiger partial charge in [-0.05, 0) is 43.5 Å². The predicted octanol–water partition coefficient (Wildman–Crippen LogP) is 3.46. The van der Waals surface area contributed by atoms with E-state index in [4.69, 9.17) is 4.74 Å². The molecule has 1 aromatic carbocycles. The van der Waals surface area contributed by atoms with Crippen molar-refractivity contribution in [2.45, 2.75) is 33.3 Å². The summed E-state index contributed by atoms with van der Waals surface area (Å²) >= 11 is 3.31. The lowest BCUT2D eigenvalue weighted by molar-refractivity contribution is -0.141. The standard InChI is InChI=1S/C17H23BrN2O4/c1-11(2)9-15(16(22)20(4)10-12(3)21)24-17(23)19-14-7-5-13(18)6-8-14/h5-8,11,15H,9-10H2,1-4H3,(H,19,23)/t15-/m0/s1. The van der Waals surface area contributed by atoms with E-state index >= 15 is 0 Å². The van der Waals surface area contributed by atoms with Crippen molar-refractivity contribution in [2.75, 3.05) is 18.9 Å². The predicted molar refractivity (Wildman–Crippen MR) is 95.8 cm³/mol. The highest BCUT2D eigenvalue weighted by Gasteiger charge is 2.27. The van der Waals surface area contributed by atoms with Crippen LogP contribution in [-0.4, -0.2) is 42.4 Å². The SMILES string of the molecule is CC(=O)CN(C)C(=O)[C@H](CC(C)C)OC(=O)Nc1ccc(Br)cc1. The molecule has 7 heteroatoms. The number of amides is 2. The number of ketones is 1. The zero-order valence-electron chi connectivity index (χ0n) is 14.3. The van der Waals surface area contributed by atoms with Crippen molar-refractivity contribution in [3.05, 3.63) is 28.7 Å². The fraction of sp³-hybridized carbons (Fsp3) is 0.471. The lowest BCUT2D eigenvalue weighted by atomic mass is 10.0. The summed E-state index contributed by atoms with van der Waals surface area (Å²) in [7, 11) is 1.52. The molecule has 0 unspecified atom stereocenters. The molecule has 0 spiro atoms. The Morgan fingerprint density at radius 2 is 1.79 bits per heavy atom. The quantitative estimate of drug-likeness (QED) is 0.762. The third-order valence-corrected chi connectivity index (χ3v) is 3.67. The second-order valence-electron chi connectivity index (χ2n) is 6.05. The molecule has 0 fully saturated rings. The van der Waals surface area contributed by atoms with Crippen LogP contribution in [-0.2, 0) is 14.3 Å². The van der Waals surface area contributed by atoms with E-state index in [1.807, 2.05) is 13.8 Å². The molecular weight excluding hydrogens is 376 g/mol. The number of nitrogens with zero attached hydrogens (tertiary/aromatic N) is 1. The van der Waals surface area contributed by atoms with Crippen LogP contribution in [0.15, 0.2) is 28.7 Å². The van der Waals surface area contributed by atoms with Gasteiger partial charge in [-0.3, -0.25) is 14.9 Å². The molecule has 0 bridgehead atoms. The molecule has 0 aliphatic heterocycles. The molecule has 24 heavy (non-hydrogen) atoms. The lowest BCUT2D eigenvalue weighted by Crippen LogP contribution is -2.42. The number of ether oxygens (including phenoxy) is 1. The monoisotopic (exact) mass is 398 g/mol. The third kappa shape index (κ3) is 7.12. The number of nitrogens with one attached hydrogen (secondary N) is 1. The Balaban J connectivity index is 2.73. The van der Waals surface area contributed by atoms with Crippen LogP contribution < -0.4 is 5.32 Å². The van der Waals surface area contributed by atoms with Gasteiger partial charge in [-0.1, -0.05) is 29.8 Å². The maximum absolute atomic E-state index is 12.4. The summed E-state index contributed by atoms with van der Waals surface area (Å²) in [5, 5.41) is 2.59. The van der Waals surface area contributed by atoms with E-state index in [1.165, 1.54) is 18.9 Å². The zero-order chi connectivity index (χ0) is 18.3. The molecule has 6 nitrogen and oxygen atoms in total. The fourth-order valence-electron chi connectivity index (χ4n) is 2.09. The summed E-state index contributed by atoms with van der Waals surface area (Å²) in [6.45, 7) is 5.26. The molecule has 0 saturated heterocycles. The zero-order valence-corrected chi connectivity index (χ0v) is 15.9. The van der Waals surface area contributed by atoms with E-state index in [1.54, 1.807) is 24.3 Å². The molecule has 0 radical (unpaired) electrons. The van der Waals surface area contributed by atoms with Crippen molar-refractivity contribution < 1.29 is 19.1 Å². The van der Waals surface area contributed by atoms with Gasteiger partial charge >= 0.3 is 6.09 Å². The van der Waals surface area contributed by atoms with Gasteiger partial charge in [0.2, 0.25) is 0 Å². The minimum Gasteiger partial charge on any atom is -0.436 e. The van der Waals surface area contributed by atoms with Crippen LogP contribution in [0.1, 0.15) is 27.2 Å². The topological polar surface area (TPSA) is 75.7 Å². The van der Waals surface area contributed by atoms with E-state index in [2.05, 4.69) is 21.2 Å². The number of likely N-dealkylation sites (N-methyl/N-ethyl adjacent to an activating group) is 1. The lowest BCUT2D eigenvalue weighted by Gasteiger charge is -2.24. The first-order chi connectivity index (χ1) is 11.2. The van der Waals surface area contributed by atoms with Crippen LogP contribution in [0.2, 0.25) is 0 Å². The maximum Gasteiger partial charge on any atom is 0.412 e. The van der Waals surface area contributed by atoms with Crippen molar-refractivity contribution in [1.82, 2.24) is 4.90 Å². The molecule has 1 rings (SSSR count). The molecule has 132 valence electrons. The third-order valence-electron chi connectivity index (χ3n) is 3.14. The second kappa shape index (κ2) is 9.42. The first-order valence-corrected chi connectivity index (χ1v) is 8.46. The van der Waals surface area contributed by atoms with Crippen molar-refractivity contribution in [3.8, 4) is 0 Å². The van der Waals surface area contributed by atoms with Crippen LogP contribution >= 0.6 is 15.9 Å². The minimum absolute atomic E-state index is 0.00881. The van der Waals surface area contributed by atoms with Crippen molar-refractivity contribution >= 4 is 39.4 Å². The fourth-order valence-corrected chi connectivity index (χ4v) is 2.36. The summed E-state index contributed by atoms with van der Waals surface area (Å²) in [4.78, 5) is 36.9. The Kier molecular flexibility index (Phi) is 7.91. The Hall–Kier alpha value is -1.89. The van der Waals surface area contributed by atoms with E-state index in [9.17, 15) is 14.4 Å². The summed E-state index contributed by atoms with van der Waals surface area (Å²) in [6.07, 6.45) is -1.24. The van der Waals surface area contributed by atoms with Crippen LogP contribution in [0.25, 0.3) is 0 Å². The Bertz CT molecular complexity index is 587. The number of hydrogen-bond donors (Lipinski definition) is 1. The first kappa shape index (κ1) is 20.2. The molecule has 0 aromatic heterocycles. The van der Waals surface area contributed by atoms with Gasteiger partial charge in [0.15, 0.2) is 6.10 Å². The number of benzene rings is 1. The van der Waals surface area contributed by atoms with Gasteiger partial charge in [-0.15, -0.1) is 0 Å². The smallest absolute Gasteiger partial charge is 0.412 e. The average molecular weight is 399 g/mol. The largest absolute Gasteiger partial charge is 0.436 e. The first-order valence-electron chi connectivity index (χ1n) is 7.66. The molecule has 0 aliphatic carbocycles. The van der Waals surface area contributed by atoms with Crippen molar-refractivity contribution in [1.29, 1.82) is 0 Å². The molecular formula is C17H23BrN2O4. The van der Waals surface area contributed by atoms with Crippen LogP contribution in [0.4, 0.5) is 10.5 Å². The van der Waals surface area contributed by atoms with E-state index in [0.717, 1.165) is 4.47 Å². The number of carbonyl (C=O) groups excluding carboxylic acids is 3. The number of carbonyl (C=O) groups is 3. The highest BCUT2D eigenvalue weighted by Crippen LogP contribution is 2.16. The van der Waals surface area contributed by atoms with E-state index in [-0.39, 0.29) is 24.2 Å². The summed E-state index contributed by atoms with van der Waals surface area (Å²) < 4.78 is 6.18. The van der Waals surface area contributed by atoms with Crippen LogP contribution in [0.3, 0.4) is 0 Å². The van der Waals surface area contributed by atoms with Crippen molar-refractivity contribution in [2.24, 2.45) is 5.92 Å². The van der Waals surface area contributed by atoms with Gasteiger partial charge < -0.3 is 9.64 Å². The molecule has 0 saturated carbocycles. The maximum atomic E-state index is 12.4. The molecule has 1 N–H and O–H groups in total. The van der Waals surface area contributed by atoms with Crippen molar-refractivity contribution in [3.63, 3.8) is 0 Å². The molecule has 2 amide bonds. The summed E-state index contributed by atoms with van der Waals surface area (Å²) in [5.41, 5.74) is 0.566. The molecule has 0 heterocycles. The molecule has 1 atom stereocenters. The molecule has 1 aromatic rings. The highest BCUT2D eigenvalue weighted by atomic mass is 79.9. The van der Waals surface area contributed by atoms with E-state index in [0.29, 0.717) is 12.1 Å². The van der Waals surface area contributed by atoms with E-state index < -0.39 is 12.2 Å². The average Bonchev–Trinajstić information content (AvgIpc) is 2.47. The van der Waals surface area contributed by atoms with Gasteiger partial charge in [0.25, 0.3) is 5.91 Å². The summed E-state index contributed by atoms with van der Waals surface area (Å²) in [5.74, 6) is -0.358. The number of rotatable bonds is 7. The van der Waals surface area contributed by atoms with Gasteiger partial charge in [-0.2, -0.15) is 0 Å².